The fourth-order valence-corrected chi connectivity index (χ4v) is 2.17. The number of rotatable bonds is 4. The first kappa shape index (κ1) is 13.3. The molecule has 0 aliphatic carbocycles. The number of nitrogens with two attached hydrogens (primary N) is 1. The van der Waals surface area contributed by atoms with E-state index >= 15 is 0 Å². The van der Waals surface area contributed by atoms with E-state index in [2.05, 4.69) is 15.1 Å². The minimum atomic E-state index is -0.488. The van der Waals surface area contributed by atoms with Crippen molar-refractivity contribution in [3.63, 3.8) is 0 Å². The molecule has 0 radical (unpaired) electrons. The Morgan fingerprint density at radius 2 is 2.05 bits per heavy atom. The van der Waals surface area contributed by atoms with Crippen LogP contribution >= 0.6 is 0 Å². The van der Waals surface area contributed by atoms with E-state index in [0.717, 1.165) is 11.1 Å². The van der Waals surface area contributed by atoms with E-state index in [0.29, 0.717) is 17.5 Å². The average molecular weight is 285 g/mol. The van der Waals surface area contributed by atoms with Crippen molar-refractivity contribution in [3.05, 3.63) is 48.0 Å². The molecule has 3 aromatic heterocycles. The maximum Gasteiger partial charge on any atom is 0.240 e. The molecule has 0 aliphatic heterocycles. The lowest BCUT2D eigenvalue weighted by Crippen LogP contribution is -2.15. The van der Waals surface area contributed by atoms with Gasteiger partial charge in [-0.15, -0.1) is 0 Å². The van der Waals surface area contributed by atoms with Crippen molar-refractivity contribution in [1.29, 1.82) is 0 Å². The molecule has 0 amide bonds. The van der Waals surface area contributed by atoms with E-state index < -0.39 is 6.04 Å². The minimum absolute atomic E-state index is 0.345. The van der Waals surface area contributed by atoms with Crippen molar-refractivity contribution in [2.24, 2.45) is 5.73 Å². The summed E-state index contributed by atoms with van der Waals surface area (Å²) in [6.07, 6.45) is 5.11. The van der Waals surface area contributed by atoms with Crippen molar-refractivity contribution in [2.45, 2.75) is 6.04 Å². The zero-order valence-electron chi connectivity index (χ0n) is 11.7. The third kappa shape index (κ3) is 2.27. The zero-order valence-corrected chi connectivity index (χ0v) is 11.7. The van der Waals surface area contributed by atoms with E-state index in [-0.39, 0.29) is 0 Å². The Bertz CT molecular complexity index is 771. The molecule has 108 valence electrons. The highest BCUT2D eigenvalue weighted by Gasteiger charge is 2.21. The average Bonchev–Trinajstić information content (AvgIpc) is 2.97. The Balaban J connectivity index is 2.07. The summed E-state index contributed by atoms with van der Waals surface area (Å²) >= 11 is 0. The second-order valence-electron chi connectivity index (χ2n) is 4.41. The van der Waals surface area contributed by atoms with Crippen molar-refractivity contribution in [2.75, 3.05) is 14.2 Å². The molecule has 0 saturated carbocycles. The van der Waals surface area contributed by atoms with E-state index in [4.69, 9.17) is 15.2 Å². The lowest BCUT2D eigenvalue weighted by molar-refractivity contribution is 0.355. The van der Waals surface area contributed by atoms with Crippen LogP contribution in [-0.2, 0) is 0 Å². The number of aromatic nitrogens is 4. The summed E-state index contributed by atoms with van der Waals surface area (Å²) in [5.41, 5.74) is 8.63. The van der Waals surface area contributed by atoms with Crippen LogP contribution in [-0.4, -0.2) is 33.8 Å². The van der Waals surface area contributed by atoms with Crippen molar-refractivity contribution >= 4 is 5.52 Å². The molecular formula is C14H15N5O2. The van der Waals surface area contributed by atoms with Gasteiger partial charge in [0.25, 0.3) is 0 Å². The summed E-state index contributed by atoms with van der Waals surface area (Å²) in [4.78, 5) is 8.52. The molecule has 21 heavy (non-hydrogen) atoms. The summed E-state index contributed by atoms with van der Waals surface area (Å²) < 4.78 is 12.1. The lowest BCUT2D eigenvalue weighted by atomic mass is 10.1. The van der Waals surface area contributed by atoms with Gasteiger partial charge in [-0.05, 0) is 12.1 Å². The van der Waals surface area contributed by atoms with Gasteiger partial charge in [0.05, 0.1) is 38.2 Å². The van der Waals surface area contributed by atoms with Crippen LogP contribution in [0.2, 0.25) is 0 Å². The summed E-state index contributed by atoms with van der Waals surface area (Å²) in [6, 6.07) is 5.30. The monoisotopic (exact) mass is 285 g/mol. The quantitative estimate of drug-likeness (QED) is 0.774. The normalized spacial score (nSPS) is 12.3. The molecule has 0 saturated heterocycles. The first-order chi connectivity index (χ1) is 10.2. The van der Waals surface area contributed by atoms with Crippen LogP contribution in [0, 0.1) is 0 Å². The van der Waals surface area contributed by atoms with Gasteiger partial charge in [0.1, 0.15) is 5.69 Å². The molecule has 0 aromatic carbocycles. The van der Waals surface area contributed by atoms with E-state index in [1.165, 1.54) is 20.4 Å². The summed E-state index contributed by atoms with van der Waals surface area (Å²) in [5.74, 6) is 0.722. The van der Waals surface area contributed by atoms with Crippen LogP contribution < -0.4 is 15.2 Å². The predicted octanol–water partition coefficient (Wildman–Crippen LogP) is 1.19. The second-order valence-corrected chi connectivity index (χ2v) is 4.41. The standard InChI is InChI=1S/C14H15N5O2/c1-20-11-8-16-13(14(18-11)21-2)12(15)9-7-17-19-6-4-3-5-10(9)19/h3-8,12H,15H2,1-2H3. The number of pyridine rings is 1. The molecular weight excluding hydrogens is 270 g/mol. The van der Waals surface area contributed by atoms with Gasteiger partial charge in [0.2, 0.25) is 11.8 Å². The van der Waals surface area contributed by atoms with Crippen LogP contribution in [0.5, 0.6) is 11.8 Å². The second kappa shape index (κ2) is 5.37. The van der Waals surface area contributed by atoms with Gasteiger partial charge in [-0.2, -0.15) is 10.1 Å². The van der Waals surface area contributed by atoms with E-state index in [1.807, 2.05) is 24.4 Å². The van der Waals surface area contributed by atoms with Crippen LogP contribution in [0.25, 0.3) is 5.52 Å². The topological polar surface area (TPSA) is 87.6 Å². The minimum Gasteiger partial charge on any atom is -0.480 e. The maximum absolute atomic E-state index is 6.32. The first-order valence-electron chi connectivity index (χ1n) is 6.37. The Kier molecular flexibility index (Phi) is 3.41. The van der Waals surface area contributed by atoms with Gasteiger partial charge in [-0.25, -0.2) is 9.50 Å². The number of nitrogens with zero attached hydrogens (tertiary/aromatic N) is 4. The third-order valence-corrected chi connectivity index (χ3v) is 3.23. The maximum atomic E-state index is 6.32. The van der Waals surface area contributed by atoms with Crippen molar-refractivity contribution < 1.29 is 9.47 Å². The molecule has 0 fully saturated rings. The highest BCUT2D eigenvalue weighted by molar-refractivity contribution is 5.57. The molecule has 1 atom stereocenters. The smallest absolute Gasteiger partial charge is 0.240 e. The first-order valence-corrected chi connectivity index (χ1v) is 6.37. The highest BCUT2D eigenvalue weighted by atomic mass is 16.5. The van der Waals surface area contributed by atoms with Gasteiger partial charge in [0, 0.05) is 11.8 Å². The van der Waals surface area contributed by atoms with Gasteiger partial charge in [-0.1, -0.05) is 6.07 Å². The lowest BCUT2D eigenvalue weighted by Gasteiger charge is -2.13. The highest BCUT2D eigenvalue weighted by Crippen LogP contribution is 2.28. The molecule has 2 N–H and O–H groups in total. The number of methoxy groups -OCH3 is 2. The summed E-state index contributed by atoms with van der Waals surface area (Å²) in [7, 11) is 3.05. The Morgan fingerprint density at radius 3 is 2.81 bits per heavy atom. The molecule has 0 aliphatic rings. The van der Waals surface area contributed by atoms with Crippen LogP contribution in [0.3, 0.4) is 0 Å². The van der Waals surface area contributed by atoms with Gasteiger partial charge < -0.3 is 15.2 Å². The molecule has 7 heteroatoms. The van der Waals surface area contributed by atoms with Gasteiger partial charge in [-0.3, -0.25) is 0 Å². The molecule has 3 heterocycles. The largest absolute Gasteiger partial charge is 0.480 e. The molecule has 0 bridgehead atoms. The van der Waals surface area contributed by atoms with Crippen LogP contribution in [0.1, 0.15) is 17.3 Å². The number of ether oxygens (including phenoxy) is 2. The SMILES string of the molecule is COc1cnc(C(N)c2cnn3ccccc23)c(OC)n1. The molecule has 0 spiro atoms. The number of hydrogen-bond donors (Lipinski definition) is 1. The summed E-state index contributed by atoms with van der Waals surface area (Å²) in [6.45, 7) is 0. The number of fused-ring (bicyclic) bond motifs is 1. The molecule has 7 nitrogen and oxygen atoms in total. The fraction of sp³-hybridized carbons (Fsp3) is 0.214. The third-order valence-electron chi connectivity index (χ3n) is 3.23. The Hall–Kier alpha value is -2.67. The summed E-state index contributed by atoms with van der Waals surface area (Å²) in [5, 5.41) is 4.28. The van der Waals surface area contributed by atoms with E-state index in [1.54, 1.807) is 10.7 Å². The van der Waals surface area contributed by atoms with Crippen LogP contribution in [0.4, 0.5) is 0 Å². The van der Waals surface area contributed by atoms with Gasteiger partial charge >= 0.3 is 0 Å². The van der Waals surface area contributed by atoms with E-state index in [9.17, 15) is 0 Å². The Labute approximate surface area is 121 Å². The Morgan fingerprint density at radius 1 is 1.19 bits per heavy atom. The zero-order chi connectivity index (χ0) is 14.8. The molecule has 3 aromatic rings. The van der Waals surface area contributed by atoms with Crippen molar-refractivity contribution in [1.82, 2.24) is 19.6 Å². The van der Waals surface area contributed by atoms with Gasteiger partial charge in [0.15, 0.2) is 0 Å². The van der Waals surface area contributed by atoms with Crippen molar-refractivity contribution in [3.8, 4) is 11.8 Å². The predicted molar refractivity (Wildman–Crippen MR) is 76.4 cm³/mol. The van der Waals surface area contributed by atoms with Crippen LogP contribution in [0.15, 0.2) is 36.8 Å². The fourth-order valence-electron chi connectivity index (χ4n) is 2.17. The molecule has 1 unspecified atom stereocenters. The molecule has 3 rings (SSSR count). The number of hydrogen-bond acceptors (Lipinski definition) is 6.